The molecule has 2 N–H and O–H groups in total. The molecule has 0 radical (unpaired) electrons. The molecule has 7 heteroatoms. The number of alkyl halides is 1. The third kappa shape index (κ3) is 3.10. The number of phenols is 1. The normalized spacial score (nSPS) is 27.9. The summed E-state index contributed by atoms with van der Waals surface area (Å²) in [5.74, 6) is -0.152. The third-order valence-electron chi connectivity index (χ3n) is 6.55. The highest BCUT2D eigenvalue weighted by atomic mass is 19.1. The van der Waals surface area contributed by atoms with Crippen LogP contribution in [0.3, 0.4) is 0 Å². The molecule has 0 unspecified atom stereocenters. The van der Waals surface area contributed by atoms with E-state index >= 15 is 4.39 Å². The predicted molar refractivity (Wildman–Crippen MR) is 113 cm³/mol. The van der Waals surface area contributed by atoms with Gasteiger partial charge in [0, 0.05) is 41.5 Å². The number of hydrogen-bond acceptors (Lipinski definition) is 5. The minimum absolute atomic E-state index is 0.105. The molecule has 0 aliphatic carbocycles. The number of aromatic nitrogens is 4. The van der Waals surface area contributed by atoms with Crippen molar-refractivity contribution in [3.05, 3.63) is 61.3 Å². The van der Waals surface area contributed by atoms with Gasteiger partial charge in [-0.15, -0.1) is 5.10 Å². The molecular weight excluding hydrogens is 381 g/mol. The number of nitrogens with one attached hydrogen (secondary N) is 1. The molecule has 2 bridgehead atoms. The number of piperidine rings is 1. The van der Waals surface area contributed by atoms with Crippen LogP contribution < -0.4 is 5.32 Å². The molecule has 2 aliphatic rings. The predicted octanol–water partition coefficient (Wildman–Crippen LogP) is 3.92. The maximum atomic E-state index is 15.2. The lowest BCUT2D eigenvalue weighted by Crippen LogP contribution is -2.56. The lowest BCUT2D eigenvalue weighted by molar-refractivity contribution is 0.103. The molecule has 2 fully saturated rings. The largest absolute Gasteiger partial charge is 0.507 e. The van der Waals surface area contributed by atoms with Crippen LogP contribution in [-0.4, -0.2) is 42.6 Å². The smallest absolute Gasteiger partial charge is 0.127 e. The van der Waals surface area contributed by atoms with Crippen molar-refractivity contribution in [2.24, 2.45) is 5.92 Å². The van der Waals surface area contributed by atoms with E-state index in [9.17, 15) is 5.11 Å². The molecule has 0 saturated carbocycles. The summed E-state index contributed by atoms with van der Waals surface area (Å²) in [7, 11) is 0. The summed E-state index contributed by atoms with van der Waals surface area (Å²) in [6, 6.07) is 9.28. The van der Waals surface area contributed by atoms with Crippen LogP contribution in [0.2, 0.25) is 0 Å². The van der Waals surface area contributed by atoms with E-state index in [0.29, 0.717) is 28.6 Å². The summed E-state index contributed by atoms with van der Waals surface area (Å²) >= 11 is 0. The van der Waals surface area contributed by atoms with Crippen LogP contribution >= 0.6 is 0 Å². The van der Waals surface area contributed by atoms with Gasteiger partial charge in [0.25, 0.3) is 0 Å². The van der Waals surface area contributed by atoms with Crippen molar-refractivity contribution in [3.8, 4) is 22.7 Å². The molecule has 2 aliphatic heterocycles. The first-order chi connectivity index (χ1) is 14.4. The molecule has 4 atom stereocenters. The average Bonchev–Trinajstić information content (AvgIpc) is 3.40. The summed E-state index contributed by atoms with van der Waals surface area (Å²) < 4.78 is 17.0. The molecular formula is C23H24FN5O. The highest BCUT2D eigenvalue weighted by Crippen LogP contribution is 2.45. The van der Waals surface area contributed by atoms with Crippen molar-refractivity contribution in [3.63, 3.8) is 0 Å². The van der Waals surface area contributed by atoms with Gasteiger partial charge in [-0.25, -0.2) is 9.37 Å². The maximum absolute atomic E-state index is 15.2. The Morgan fingerprint density at radius 3 is 2.87 bits per heavy atom. The van der Waals surface area contributed by atoms with Crippen LogP contribution in [0.1, 0.15) is 31.9 Å². The van der Waals surface area contributed by atoms with Gasteiger partial charge in [0.2, 0.25) is 0 Å². The van der Waals surface area contributed by atoms with Crippen molar-refractivity contribution >= 4 is 5.57 Å². The third-order valence-corrected chi connectivity index (χ3v) is 6.55. The SMILES string of the molecule is C=C(c1ccc(-c2ccc(-n3ccnc3)cc2O)nn1)[C@@H]1C[C@H]2CC[C@](C)(N2)[C@@H]1F. The van der Waals surface area contributed by atoms with E-state index in [-0.39, 0.29) is 11.7 Å². The Bertz CT molecular complexity index is 1080. The van der Waals surface area contributed by atoms with E-state index in [4.69, 9.17) is 0 Å². The zero-order valence-corrected chi connectivity index (χ0v) is 16.8. The molecule has 1 aromatic carbocycles. The van der Waals surface area contributed by atoms with Gasteiger partial charge < -0.3 is 15.0 Å². The molecule has 5 rings (SSSR count). The first-order valence-corrected chi connectivity index (χ1v) is 10.2. The lowest BCUT2D eigenvalue weighted by atomic mass is 9.78. The topological polar surface area (TPSA) is 75.9 Å². The number of fused-ring (bicyclic) bond motifs is 2. The van der Waals surface area contributed by atoms with Gasteiger partial charge in [-0.3, -0.25) is 0 Å². The van der Waals surface area contributed by atoms with Gasteiger partial charge in [-0.2, -0.15) is 5.10 Å². The van der Waals surface area contributed by atoms with Gasteiger partial charge >= 0.3 is 0 Å². The summed E-state index contributed by atoms with van der Waals surface area (Å²) in [6.07, 6.45) is 6.74. The van der Waals surface area contributed by atoms with Crippen molar-refractivity contribution in [2.75, 3.05) is 0 Å². The second kappa shape index (κ2) is 7.02. The van der Waals surface area contributed by atoms with Crippen molar-refractivity contribution in [1.29, 1.82) is 0 Å². The van der Waals surface area contributed by atoms with Crippen molar-refractivity contribution in [2.45, 2.75) is 43.9 Å². The number of halogens is 1. The molecule has 0 amide bonds. The van der Waals surface area contributed by atoms with E-state index in [1.54, 1.807) is 36.9 Å². The molecule has 4 heterocycles. The molecule has 0 spiro atoms. The number of hydrogen-bond donors (Lipinski definition) is 2. The number of aromatic hydroxyl groups is 1. The van der Waals surface area contributed by atoms with Gasteiger partial charge in [0.1, 0.15) is 11.9 Å². The lowest BCUT2D eigenvalue weighted by Gasteiger charge is -2.40. The van der Waals surface area contributed by atoms with Crippen molar-refractivity contribution in [1.82, 2.24) is 25.1 Å². The first-order valence-electron chi connectivity index (χ1n) is 10.2. The fourth-order valence-corrected chi connectivity index (χ4v) is 4.81. The minimum atomic E-state index is -0.995. The van der Waals surface area contributed by atoms with Gasteiger partial charge in [0.15, 0.2) is 0 Å². The van der Waals surface area contributed by atoms with Crippen LogP contribution in [0.15, 0.2) is 55.6 Å². The van der Waals surface area contributed by atoms with E-state index in [1.807, 2.05) is 23.6 Å². The Kier molecular flexibility index (Phi) is 4.43. The van der Waals surface area contributed by atoms with Crippen LogP contribution in [0.5, 0.6) is 5.75 Å². The number of rotatable bonds is 4. The second-order valence-corrected chi connectivity index (χ2v) is 8.54. The molecule has 2 aromatic heterocycles. The number of allylic oxidation sites excluding steroid dienone is 1. The standard InChI is InChI=1S/C23H24FN5O/c1-14(18-11-15-7-8-23(2,26-15)22(18)24)19-5-6-20(28-27-19)17-4-3-16(12-21(17)30)29-10-9-25-13-29/h3-6,9-10,12-13,15,18,22,26,30H,1,7-8,11H2,2H3/t15-,18+,22-,23+/m1/s1. The Balaban J connectivity index is 1.38. The number of benzene rings is 1. The molecule has 154 valence electrons. The summed E-state index contributed by atoms with van der Waals surface area (Å²) in [4.78, 5) is 4.02. The van der Waals surface area contributed by atoms with E-state index in [1.165, 1.54) is 0 Å². The zero-order valence-electron chi connectivity index (χ0n) is 16.8. The quantitative estimate of drug-likeness (QED) is 0.688. The minimum Gasteiger partial charge on any atom is -0.507 e. The number of imidazole rings is 1. The highest BCUT2D eigenvalue weighted by Gasteiger charge is 2.51. The van der Waals surface area contributed by atoms with E-state index < -0.39 is 11.7 Å². The maximum Gasteiger partial charge on any atom is 0.127 e. The van der Waals surface area contributed by atoms with Crippen LogP contribution in [0.25, 0.3) is 22.5 Å². The Morgan fingerprint density at radius 2 is 2.17 bits per heavy atom. The summed E-state index contributed by atoms with van der Waals surface area (Å²) in [6.45, 7) is 6.12. The Hall–Kier alpha value is -3.06. The molecule has 30 heavy (non-hydrogen) atoms. The van der Waals surface area contributed by atoms with Gasteiger partial charge in [-0.05, 0) is 56.0 Å². The van der Waals surface area contributed by atoms with Crippen molar-refractivity contribution < 1.29 is 9.50 Å². The monoisotopic (exact) mass is 405 g/mol. The summed E-state index contributed by atoms with van der Waals surface area (Å²) in [5, 5.41) is 22.5. The second-order valence-electron chi connectivity index (χ2n) is 8.54. The summed E-state index contributed by atoms with van der Waals surface area (Å²) in [5.41, 5.74) is 2.75. The molecule has 6 nitrogen and oxygen atoms in total. The fourth-order valence-electron chi connectivity index (χ4n) is 4.81. The molecule has 2 saturated heterocycles. The average molecular weight is 405 g/mol. The zero-order chi connectivity index (χ0) is 20.9. The van der Waals surface area contributed by atoms with Gasteiger partial charge in [-0.1, -0.05) is 6.58 Å². The van der Waals surface area contributed by atoms with E-state index in [2.05, 4.69) is 27.1 Å². The van der Waals surface area contributed by atoms with Gasteiger partial charge in [0.05, 0.1) is 23.4 Å². The highest BCUT2D eigenvalue weighted by molar-refractivity contribution is 5.70. The fraction of sp³-hybridized carbons (Fsp3) is 0.348. The number of nitrogens with zero attached hydrogens (tertiary/aromatic N) is 4. The van der Waals surface area contributed by atoms with Crippen LogP contribution in [0, 0.1) is 5.92 Å². The Morgan fingerprint density at radius 1 is 1.30 bits per heavy atom. The first kappa shape index (κ1) is 18.9. The number of phenolic OH excluding ortho intramolecular Hbond substituents is 1. The Labute approximate surface area is 174 Å². The van der Waals surface area contributed by atoms with Crippen LogP contribution in [0.4, 0.5) is 4.39 Å². The van der Waals surface area contributed by atoms with E-state index in [0.717, 1.165) is 24.9 Å². The van der Waals surface area contributed by atoms with Crippen LogP contribution in [-0.2, 0) is 0 Å². The molecule has 3 aromatic rings.